The highest BCUT2D eigenvalue weighted by atomic mass is 79.9. The monoisotopic (exact) mass is 298 g/mol. The molecule has 0 N–H and O–H groups in total. The predicted octanol–water partition coefficient (Wildman–Crippen LogP) is 4.12. The van der Waals surface area contributed by atoms with Crippen LogP contribution in [0.3, 0.4) is 0 Å². The van der Waals surface area contributed by atoms with Crippen molar-refractivity contribution in [1.82, 2.24) is 0 Å². The van der Waals surface area contributed by atoms with E-state index in [2.05, 4.69) is 15.9 Å². The lowest BCUT2D eigenvalue weighted by molar-refractivity contribution is -0.128. The number of benzene rings is 1. The summed E-state index contributed by atoms with van der Waals surface area (Å²) >= 11 is 3.53. The Labute approximate surface area is 111 Å². The molecule has 1 unspecified atom stereocenters. The lowest BCUT2D eigenvalue weighted by atomic mass is 10.0. The molecule has 0 aliphatic heterocycles. The fourth-order valence-electron chi connectivity index (χ4n) is 1.81. The van der Waals surface area contributed by atoms with E-state index in [0.29, 0.717) is 6.61 Å². The van der Waals surface area contributed by atoms with E-state index in [1.165, 1.54) is 0 Å². The topological polar surface area (TPSA) is 26.3 Å². The van der Waals surface area contributed by atoms with Gasteiger partial charge >= 0.3 is 0 Å². The smallest absolute Gasteiger partial charge is 0.163 e. The minimum atomic E-state index is -0.430. The molecular weight excluding hydrogens is 280 g/mol. The first-order chi connectivity index (χ1) is 7.97. The SMILES string of the molecule is CCCOC(C(C)=O)c1cc(C)c(Br)c(C)c1. The van der Waals surface area contributed by atoms with Crippen LogP contribution in [0.2, 0.25) is 0 Å². The first-order valence-electron chi connectivity index (χ1n) is 5.86. The van der Waals surface area contributed by atoms with Crippen LogP contribution in [0.5, 0.6) is 0 Å². The number of carbonyl (C=O) groups is 1. The first-order valence-corrected chi connectivity index (χ1v) is 6.65. The molecule has 2 nitrogen and oxygen atoms in total. The number of hydrogen-bond donors (Lipinski definition) is 0. The Morgan fingerprint density at radius 1 is 1.35 bits per heavy atom. The Morgan fingerprint density at radius 2 is 1.88 bits per heavy atom. The van der Waals surface area contributed by atoms with E-state index in [9.17, 15) is 4.79 Å². The normalized spacial score (nSPS) is 12.5. The number of halogens is 1. The molecular formula is C14H19BrO2. The van der Waals surface area contributed by atoms with E-state index in [-0.39, 0.29) is 5.78 Å². The molecule has 3 heteroatoms. The second-order valence-corrected chi connectivity index (χ2v) is 5.12. The van der Waals surface area contributed by atoms with Gasteiger partial charge in [-0.05, 0) is 43.9 Å². The van der Waals surface area contributed by atoms with Crippen molar-refractivity contribution in [3.8, 4) is 0 Å². The molecule has 1 aromatic carbocycles. The Hall–Kier alpha value is -0.670. The van der Waals surface area contributed by atoms with Crippen LogP contribution < -0.4 is 0 Å². The van der Waals surface area contributed by atoms with Crippen molar-refractivity contribution in [2.24, 2.45) is 0 Å². The van der Waals surface area contributed by atoms with Gasteiger partial charge in [0, 0.05) is 11.1 Å². The molecule has 0 bridgehead atoms. The van der Waals surface area contributed by atoms with Crippen LogP contribution in [-0.4, -0.2) is 12.4 Å². The molecule has 1 aromatic rings. The average Bonchev–Trinajstić information content (AvgIpc) is 2.25. The van der Waals surface area contributed by atoms with Crippen molar-refractivity contribution in [2.45, 2.75) is 40.2 Å². The standard InChI is InChI=1S/C14H19BrO2/c1-5-6-17-14(11(4)16)12-7-9(2)13(15)10(3)8-12/h7-8,14H,5-6H2,1-4H3. The van der Waals surface area contributed by atoms with Gasteiger partial charge in [0.25, 0.3) is 0 Å². The van der Waals surface area contributed by atoms with Gasteiger partial charge in [0.05, 0.1) is 0 Å². The van der Waals surface area contributed by atoms with Crippen LogP contribution in [0.25, 0.3) is 0 Å². The Bertz CT molecular complexity index is 390. The highest BCUT2D eigenvalue weighted by Crippen LogP contribution is 2.27. The number of hydrogen-bond acceptors (Lipinski definition) is 2. The maximum atomic E-state index is 11.6. The van der Waals surface area contributed by atoms with E-state index >= 15 is 0 Å². The Morgan fingerprint density at radius 3 is 2.29 bits per heavy atom. The summed E-state index contributed by atoms with van der Waals surface area (Å²) in [7, 11) is 0. The molecule has 0 aliphatic rings. The third-order valence-electron chi connectivity index (χ3n) is 2.62. The van der Waals surface area contributed by atoms with Gasteiger partial charge in [0.15, 0.2) is 5.78 Å². The van der Waals surface area contributed by atoms with Crippen LogP contribution in [0.15, 0.2) is 16.6 Å². The van der Waals surface area contributed by atoms with Gasteiger partial charge in [-0.3, -0.25) is 4.79 Å². The fourth-order valence-corrected chi connectivity index (χ4v) is 2.04. The van der Waals surface area contributed by atoms with Crippen molar-refractivity contribution < 1.29 is 9.53 Å². The molecule has 0 spiro atoms. The lowest BCUT2D eigenvalue weighted by Gasteiger charge is -2.17. The molecule has 0 radical (unpaired) electrons. The Balaban J connectivity index is 3.06. The van der Waals surface area contributed by atoms with E-state index in [4.69, 9.17) is 4.74 Å². The molecule has 1 rings (SSSR count). The number of carbonyl (C=O) groups excluding carboxylic acids is 1. The number of aryl methyl sites for hydroxylation is 2. The highest BCUT2D eigenvalue weighted by Gasteiger charge is 2.18. The third-order valence-corrected chi connectivity index (χ3v) is 3.87. The van der Waals surface area contributed by atoms with E-state index in [0.717, 1.165) is 27.6 Å². The van der Waals surface area contributed by atoms with Crippen molar-refractivity contribution in [3.05, 3.63) is 33.3 Å². The first kappa shape index (κ1) is 14.4. The second kappa shape index (κ2) is 6.31. The molecule has 0 saturated carbocycles. The van der Waals surface area contributed by atoms with Gasteiger partial charge in [-0.25, -0.2) is 0 Å². The van der Waals surface area contributed by atoms with Gasteiger partial charge in [0.2, 0.25) is 0 Å². The van der Waals surface area contributed by atoms with Crippen LogP contribution in [0.1, 0.15) is 43.1 Å². The zero-order chi connectivity index (χ0) is 13.0. The molecule has 0 heterocycles. The summed E-state index contributed by atoms with van der Waals surface area (Å²) in [6, 6.07) is 4.03. The lowest BCUT2D eigenvalue weighted by Crippen LogP contribution is -2.14. The molecule has 1 atom stereocenters. The minimum Gasteiger partial charge on any atom is -0.366 e. The van der Waals surface area contributed by atoms with E-state index in [1.54, 1.807) is 6.92 Å². The number of rotatable bonds is 5. The summed E-state index contributed by atoms with van der Waals surface area (Å²) in [6.07, 6.45) is 0.485. The number of Topliss-reactive ketones (excluding diaryl/α,β-unsaturated/α-hetero) is 1. The highest BCUT2D eigenvalue weighted by molar-refractivity contribution is 9.10. The fraction of sp³-hybridized carbons (Fsp3) is 0.500. The predicted molar refractivity (Wildman–Crippen MR) is 73.3 cm³/mol. The second-order valence-electron chi connectivity index (χ2n) is 4.33. The summed E-state index contributed by atoms with van der Waals surface area (Å²) in [5.74, 6) is 0.0552. The minimum absolute atomic E-state index is 0.0552. The largest absolute Gasteiger partial charge is 0.366 e. The van der Waals surface area contributed by atoms with Gasteiger partial charge in [0.1, 0.15) is 6.10 Å². The van der Waals surface area contributed by atoms with Crippen LogP contribution in [0.4, 0.5) is 0 Å². The summed E-state index contributed by atoms with van der Waals surface area (Å²) < 4.78 is 6.72. The van der Waals surface area contributed by atoms with Crippen LogP contribution in [-0.2, 0) is 9.53 Å². The van der Waals surface area contributed by atoms with Gasteiger partial charge in [-0.1, -0.05) is 35.0 Å². The van der Waals surface area contributed by atoms with Crippen molar-refractivity contribution in [3.63, 3.8) is 0 Å². The molecule has 0 fully saturated rings. The van der Waals surface area contributed by atoms with Crippen molar-refractivity contribution >= 4 is 21.7 Å². The summed E-state index contributed by atoms with van der Waals surface area (Å²) in [6.45, 7) is 8.27. The van der Waals surface area contributed by atoms with Crippen molar-refractivity contribution in [2.75, 3.05) is 6.61 Å². The molecule has 17 heavy (non-hydrogen) atoms. The summed E-state index contributed by atoms with van der Waals surface area (Å²) in [5, 5.41) is 0. The molecule has 94 valence electrons. The molecule has 0 aromatic heterocycles. The van der Waals surface area contributed by atoms with E-state index in [1.807, 2.05) is 32.9 Å². The quantitative estimate of drug-likeness (QED) is 0.817. The van der Waals surface area contributed by atoms with Gasteiger partial charge in [-0.15, -0.1) is 0 Å². The maximum absolute atomic E-state index is 11.6. The number of ketones is 1. The summed E-state index contributed by atoms with van der Waals surface area (Å²) in [5.41, 5.74) is 3.21. The van der Waals surface area contributed by atoms with Gasteiger partial charge < -0.3 is 4.74 Å². The molecule has 0 saturated heterocycles. The van der Waals surface area contributed by atoms with Gasteiger partial charge in [-0.2, -0.15) is 0 Å². The number of ether oxygens (including phenoxy) is 1. The third kappa shape index (κ3) is 3.65. The zero-order valence-corrected chi connectivity index (χ0v) is 12.4. The molecule has 0 amide bonds. The van der Waals surface area contributed by atoms with Crippen molar-refractivity contribution in [1.29, 1.82) is 0 Å². The maximum Gasteiger partial charge on any atom is 0.163 e. The van der Waals surface area contributed by atoms with Crippen LogP contribution in [0, 0.1) is 13.8 Å². The summed E-state index contributed by atoms with van der Waals surface area (Å²) in [4.78, 5) is 11.6. The van der Waals surface area contributed by atoms with Crippen LogP contribution >= 0.6 is 15.9 Å². The molecule has 0 aliphatic carbocycles. The van der Waals surface area contributed by atoms with E-state index < -0.39 is 6.10 Å². The average molecular weight is 299 g/mol. The Kier molecular flexibility index (Phi) is 5.34. The zero-order valence-electron chi connectivity index (χ0n) is 10.8.